The molecule has 0 spiro atoms. The zero-order valence-corrected chi connectivity index (χ0v) is 14.2. The number of furan rings is 1. The van der Waals surface area contributed by atoms with Crippen molar-refractivity contribution >= 4 is 28.4 Å². The molecular weight excluding hydrogens is 356 g/mol. The molecule has 3 rings (SSSR count). The van der Waals surface area contributed by atoms with E-state index in [9.17, 15) is 13.6 Å². The molecule has 2 heterocycles. The third-order valence-corrected chi connectivity index (χ3v) is 4.00. The van der Waals surface area contributed by atoms with Crippen molar-refractivity contribution in [2.45, 2.75) is 6.92 Å². The molecule has 1 aromatic carbocycles. The molecule has 0 amide bonds. The maximum absolute atomic E-state index is 14.5. The van der Waals surface area contributed by atoms with E-state index in [1.165, 1.54) is 26.5 Å². The molecule has 8 heteroatoms. The average molecular weight is 368 g/mol. The van der Waals surface area contributed by atoms with E-state index < -0.39 is 23.0 Å². The van der Waals surface area contributed by atoms with Crippen LogP contribution in [-0.2, 0) is 0 Å². The van der Waals surface area contributed by atoms with Gasteiger partial charge in [0.1, 0.15) is 10.7 Å². The fraction of sp³-hybridized carbons (Fsp3) is 0.176. The number of ketones is 1. The number of rotatable bonds is 4. The van der Waals surface area contributed by atoms with Gasteiger partial charge < -0.3 is 13.9 Å². The summed E-state index contributed by atoms with van der Waals surface area (Å²) in [7, 11) is 2.40. The average Bonchev–Trinajstić information content (AvgIpc) is 2.91. The van der Waals surface area contributed by atoms with E-state index in [0.29, 0.717) is 10.9 Å². The van der Waals surface area contributed by atoms with E-state index in [0.717, 1.165) is 6.07 Å². The van der Waals surface area contributed by atoms with Gasteiger partial charge in [0.2, 0.25) is 5.78 Å². The van der Waals surface area contributed by atoms with Crippen molar-refractivity contribution in [1.82, 2.24) is 4.98 Å². The Labute approximate surface area is 146 Å². The van der Waals surface area contributed by atoms with Crippen LogP contribution in [0.15, 0.2) is 22.7 Å². The Kier molecular flexibility index (Phi) is 4.34. The van der Waals surface area contributed by atoms with Gasteiger partial charge in [0.15, 0.2) is 34.5 Å². The molecule has 0 N–H and O–H groups in total. The van der Waals surface area contributed by atoms with Crippen molar-refractivity contribution < 1.29 is 27.5 Å². The molecule has 0 aliphatic carbocycles. The number of aryl methyl sites for hydroxylation is 1. The highest BCUT2D eigenvalue weighted by atomic mass is 35.5. The number of pyridine rings is 1. The van der Waals surface area contributed by atoms with Crippen molar-refractivity contribution in [2.24, 2.45) is 0 Å². The Morgan fingerprint density at radius 3 is 2.32 bits per heavy atom. The zero-order chi connectivity index (χ0) is 18.3. The lowest BCUT2D eigenvalue weighted by Gasteiger charge is -2.11. The number of nitrogens with zero attached hydrogens (tertiary/aromatic N) is 1. The lowest BCUT2D eigenvalue weighted by Crippen LogP contribution is -2.10. The summed E-state index contributed by atoms with van der Waals surface area (Å²) in [6.07, 6.45) is 1.33. The van der Waals surface area contributed by atoms with Crippen molar-refractivity contribution in [3.8, 4) is 11.5 Å². The molecule has 0 fully saturated rings. The molecular formula is C17H12ClF2NO4. The molecule has 25 heavy (non-hydrogen) atoms. The zero-order valence-electron chi connectivity index (χ0n) is 13.4. The van der Waals surface area contributed by atoms with E-state index >= 15 is 0 Å². The number of aromatic nitrogens is 1. The number of ether oxygens (including phenoxy) is 2. The molecule has 5 nitrogen and oxygen atoms in total. The maximum Gasteiger partial charge on any atom is 0.234 e. The highest BCUT2D eigenvalue weighted by Crippen LogP contribution is 2.35. The van der Waals surface area contributed by atoms with Gasteiger partial charge in [0.05, 0.1) is 20.4 Å². The summed E-state index contributed by atoms with van der Waals surface area (Å²) in [6, 6.07) is 2.53. The molecule has 0 bridgehead atoms. The van der Waals surface area contributed by atoms with Crippen LogP contribution in [0.4, 0.5) is 8.78 Å². The number of methoxy groups -OCH3 is 2. The van der Waals surface area contributed by atoms with E-state index in [2.05, 4.69) is 4.98 Å². The van der Waals surface area contributed by atoms with E-state index in [-0.39, 0.29) is 28.0 Å². The minimum absolute atomic E-state index is 0.204. The Balaban J connectivity index is 2.24. The summed E-state index contributed by atoms with van der Waals surface area (Å²) in [6.45, 7) is 1.59. The van der Waals surface area contributed by atoms with Gasteiger partial charge in [0.25, 0.3) is 0 Å². The van der Waals surface area contributed by atoms with Crippen LogP contribution in [0.25, 0.3) is 11.0 Å². The lowest BCUT2D eigenvalue weighted by atomic mass is 10.0. The van der Waals surface area contributed by atoms with Crippen LogP contribution in [-0.4, -0.2) is 25.0 Å². The summed E-state index contributed by atoms with van der Waals surface area (Å²) < 4.78 is 44.2. The Morgan fingerprint density at radius 1 is 1.16 bits per heavy atom. The van der Waals surface area contributed by atoms with Crippen LogP contribution in [0.3, 0.4) is 0 Å². The Bertz CT molecular complexity index is 972. The summed E-state index contributed by atoms with van der Waals surface area (Å²) in [4.78, 5) is 16.6. The molecule has 0 aliphatic heterocycles. The summed E-state index contributed by atoms with van der Waals surface area (Å²) in [5.74, 6) is -4.10. The number of hydrogen-bond acceptors (Lipinski definition) is 5. The summed E-state index contributed by atoms with van der Waals surface area (Å²) in [5.41, 5.74) is -0.150. The van der Waals surface area contributed by atoms with Gasteiger partial charge in [-0.3, -0.25) is 4.79 Å². The number of carbonyl (C=O) groups excluding carboxylic acids is 1. The van der Waals surface area contributed by atoms with E-state index in [1.54, 1.807) is 6.92 Å². The highest BCUT2D eigenvalue weighted by Gasteiger charge is 2.30. The van der Waals surface area contributed by atoms with Crippen LogP contribution in [0.1, 0.15) is 21.7 Å². The lowest BCUT2D eigenvalue weighted by molar-refractivity contribution is 0.100. The van der Waals surface area contributed by atoms with Gasteiger partial charge >= 0.3 is 0 Å². The van der Waals surface area contributed by atoms with Gasteiger partial charge in [-0.05, 0) is 13.0 Å². The molecule has 0 unspecified atom stereocenters. The second-order valence-electron chi connectivity index (χ2n) is 5.17. The highest BCUT2D eigenvalue weighted by molar-refractivity contribution is 6.30. The number of halogens is 3. The van der Waals surface area contributed by atoms with Crippen LogP contribution in [0.2, 0.25) is 5.15 Å². The topological polar surface area (TPSA) is 61.6 Å². The summed E-state index contributed by atoms with van der Waals surface area (Å²) >= 11 is 5.84. The monoisotopic (exact) mass is 367 g/mol. The molecule has 0 atom stereocenters. The normalized spacial score (nSPS) is 11.0. The van der Waals surface area contributed by atoms with Crippen molar-refractivity contribution in [2.75, 3.05) is 14.2 Å². The second-order valence-corrected chi connectivity index (χ2v) is 5.56. The molecule has 0 saturated heterocycles. The SMILES string of the molecule is COc1cc(OC)c(F)c(C(=O)c2oc3cnc(Cl)cc3c2C)c1F. The fourth-order valence-electron chi connectivity index (χ4n) is 2.52. The predicted molar refractivity (Wildman–Crippen MR) is 86.7 cm³/mol. The minimum atomic E-state index is -1.14. The first-order valence-electron chi connectivity index (χ1n) is 7.08. The fourth-order valence-corrected chi connectivity index (χ4v) is 2.67. The predicted octanol–water partition coefficient (Wildman–Crippen LogP) is 4.32. The van der Waals surface area contributed by atoms with Crippen molar-refractivity contribution in [1.29, 1.82) is 0 Å². The standard InChI is InChI=1S/C17H12ClF2NO4/c1-7-8-4-12(18)21-6-11(8)25-17(7)16(22)13-14(19)9(23-2)5-10(24-3)15(13)20/h4-6H,1-3H3. The van der Waals surface area contributed by atoms with Gasteiger partial charge in [0, 0.05) is 17.0 Å². The van der Waals surface area contributed by atoms with Crippen molar-refractivity contribution in [3.63, 3.8) is 0 Å². The van der Waals surface area contributed by atoms with Gasteiger partial charge in [-0.15, -0.1) is 0 Å². The third kappa shape index (κ3) is 2.70. The van der Waals surface area contributed by atoms with Gasteiger partial charge in [-0.25, -0.2) is 13.8 Å². The molecule has 3 aromatic rings. The largest absolute Gasteiger partial charge is 0.494 e. The van der Waals surface area contributed by atoms with Crippen LogP contribution in [0, 0.1) is 18.6 Å². The number of benzene rings is 1. The number of fused-ring (bicyclic) bond motifs is 1. The third-order valence-electron chi connectivity index (χ3n) is 3.80. The quantitative estimate of drug-likeness (QED) is 0.507. The first-order chi connectivity index (χ1) is 11.9. The molecule has 0 radical (unpaired) electrons. The Hall–Kier alpha value is -2.67. The minimum Gasteiger partial charge on any atom is -0.494 e. The smallest absolute Gasteiger partial charge is 0.234 e. The van der Waals surface area contributed by atoms with Crippen LogP contribution >= 0.6 is 11.6 Å². The van der Waals surface area contributed by atoms with Crippen molar-refractivity contribution in [3.05, 3.63) is 52.0 Å². The first kappa shape index (κ1) is 17.2. The van der Waals surface area contributed by atoms with E-state index in [4.69, 9.17) is 25.5 Å². The van der Waals surface area contributed by atoms with Gasteiger partial charge in [-0.2, -0.15) is 0 Å². The second kappa shape index (κ2) is 6.33. The number of hydrogen-bond donors (Lipinski definition) is 0. The van der Waals surface area contributed by atoms with Crippen LogP contribution < -0.4 is 9.47 Å². The molecule has 0 aliphatic rings. The molecule has 0 saturated carbocycles. The Morgan fingerprint density at radius 2 is 1.76 bits per heavy atom. The molecule has 2 aromatic heterocycles. The number of carbonyl (C=O) groups is 1. The summed E-state index contributed by atoms with van der Waals surface area (Å²) in [5, 5.41) is 0.731. The van der Waals surface area contributed by atoms with Gasteiger partial charge in [-0.1, -0.05) is 11.6 Å². The van der Waals surface area contributed by atoms with Crippen LogP contribution in [0.5, 0.6) is 11.5 Å². The maximum atomic E-state index is 14.5. The first-order valence-corrected chi connectivity index (χ1v) is 7.46. The molecule has 130 valence electrons. The van der Waals surface area contributed by atoms with E-state index in [1.807, 2.05) is 0 Å².